The molecule has 1 aromatic heterocycles. The largest absolute Gasteiger partial charge is 0.379 e. The maximum Gasteiger partial charge on any atom is 0.257 e. The third-order valence-corrected chi connectivity index (χ3v) is 10.7. The Morgan fingerprint density at radius 3 is 2.54 bits per heavy atom. The van der Waals surface area contributed by atoms with Crippen LogP contribution in [0.5, 0.6) is 0 Å². The van der Waals surface area contributed by atoms with Crippen molar-refractivity contribution in [3.05, 3.63) is 78.9 Å². The van der Waals surface area contributed by atoms with E-state index >= 15 is 0 Å². The van der Waals surface area contributed by atoms with Crippen molar-refractivity contribution in [1.82, 2.24) is 9.21 Å². The number of hydrogen-bond donors (Lipinski definition) is 1. The molecule has 0 saturated carbocycles. The number of nitrogens with zero attached hydrogens (tertiary/aromatic N) is 4. The number of carbonyl (C=O) groups is 1. The summed E-state index contributed by atoms with van der Waals surface area (Å²) in [6.07, 6.45) is 0.520. The van der Waals surface area contributed by atoms with Gasteiger partial charge in [-0.15, -0.1) is 11.3 Å². The average Bonchev–Trinajstić information content (AvgIpc) is 3.30. The van der Waals surface area contributed by atoms with Crippen LogP contribution in [0.25, 0.3) is 0 Å². The Balaban J connectivity index is 1.37. The molecule has 2 aromatic carbocycles. The molecule has 1 fully saturated rings. The van der Waals surface area contributed by atoms with Gasteiger partial charge in [0.1, 0.15) is 21.8 Å². The van der Waals surface area contributed by atoms with Crippen LogP contribution in [0.4, 0.5) is 9.39 Å². The van der Waals surface area contributed by atoms with E-state index in [2.05, 4.69) is 11.4 Å². The van der Waals surface area contributed by atoms with Crippen LogP contribution in [0.1, 0.15) is 37.5 Å². The molecule has 0 radical (unpaired) electrons. The van der Waals surface area contributed by atoms with E-state index in [0.29, 0.717) is 42.2 Å². The molecule has 0 spiro atoms. The van der Waals surface area contributed by atoms with Crippen LogP contribution in [0.3, 0.4) is 0 Å². The predicted octanol–water partition coefficient (Wildman–Crippen LogP) is 4.77. The summed E-state index contributed by atoms with van der Waals surface area (Å²) in [5.41, 5.74) is 1.74. The molecule has 1 saturated heterocycles. The van der Waals surface area contributed by atoms with Crippen LogP contribution < -0.4 is 5.32 Å². The molecule has 0 atom stereocenters. The second-order valence-corrected chi connectivity index (χ2v) is 13.3. The Morgan fingerprint density at radius 1 is 1.10 bits per heavy atom. The maximum atomic E-state index is 14.5. The number of fused-ring (bicyclic) bond motifs is 1. The minimum atomic E-state index is -4.01. The molecule has 0 bridgehead atoms. The van der Waals surface area contributed by atoms with Gasteiger partial charge in [0.05, 0.1) is 46.0 Å². The first kappa shape index (κ1) is 29.4. The lowest BCUT2D eigenvalue weighted by Gasteiger charge is -2.26. The van der Waals surface area contributed by atoms with Crippen molar-refractivity contribution in [3.8, 4) is 12.1 Å². The number of nitrogens with one attached hydrogen (secondary N) is 1. The molecule has 0 unspecified atom stereocenters. The van der Waals surface area contributed by atoms with E-state index in [9.17, 15) is 22.9 Å². The monoisotopic (exact) mass is 633 g/mol. The highest BCUT2D eigenvalue weighted by Gasteiger charge is 2.31. The van der Waals surface area contributed by atoms with Gasteiger partial charge in [-0.2, -0.15) is 14.8 Å². The molecule has 1 amide bonds. The van der Waals surface area contributed by atoms with Gasteiger partial charge < -0.3 is 10.1 Å². The summed E-state index contributed by atoms with van der Waals surface area (Å²) >= 11 is 13.8. The second kappa shape index (κ2) is 12.0. The molecule has 212 valence electrons. The van der Waals surface area contributed by atoms with Crippen molar-refractivity contribution in [1.29, 1.82) is 10.5 Å². The molecular weight excluding hydrogens is 612 g/mol. The molecular formula is C27H22Cl2FN5O4S2. The zero-order valence-corrected chi connectivity index (χ0v) is 24.6. The smallest absolute Gasteiger partial charge is 0.257 e. The van der Waals surface area contributed by atoms with Crippen molar-refractivity contribution in [2.45, 2.75) is 24.4 Å². The van der Waals surface area contributed by atoms with Crippen LogP contribution >= 0.6 is 34.5 Å². The molecule has 2 aliphatic heterocycles. The van der Waals surface area contributed by atoms with Crippen molar-refractivity contribution >= 4 is 55.5 Å². The number of anilines is 1. The van der Waals surface area contributed by atoms with E-state index in [1.165, 1.54) is 27.8 Å². The molecule has 41 heavy (non-hydrogen) atoms. The van der Waals surface area contributed by atoms with Gasteiger partial charge in [0.15, 0.2) is 0 Å². The van der Waals surface area contributed by atoms with Crippen molar-refractivity contribution in [3.63, 3.8) is 0 Å². The van der Waals surface area contributed by atoms with Gasteiger partial charge in [-0.3, -0.25) is 9.69 Å². The Kier molecular flexibility index (Phi) is 8.64. The van der Waals surface area contributed by atoms with Gasteiger partial charge >= 0.3 is 0 Å². The van der Waals surface area contributed by atoms with Crippen LogP contribution in [0, 0.1) is 28.5 Å². The van der Waals surface area contributed by atoms with E-state index in [-0.39, 0.29) is 52.4 Å². The second-order valence-electron chi connectivity index (χ2n) is 9.43. The summed E-state index contributed by atoms with van der Waals surface area (Å²) in [6, 6.07) is 10.8. The number of hydrogen-bond acceptors (Lipinski definition) is 8. The SMILES string of the molecule is N#Cc1ccc(CN2CCc3c(sc(NC(=O)c4cc(S(=O)(=O)N5CCOCC5)c(Cl)cc4Cl)c3C#N)C2)c(F)c1. The third-order valence-electron chi connectivity index (χ3n) is 6.90. The number of benzene rings is 2. The number of thiophene rings is 1. The maximum absolute atomic E-state index is 14.5. The van der Waals surface area contributed by atoms with Crippen LogP contribution in [-0.4, -0.2) is 56.4 Å². The van der Waals surface area contributed by atoms with Crippen LogP contribution in [-0.2, 0) is 34.3 Å². The normalized spacial score (nSPS) is 16.0. The highest BCUT2D eigenvalue weighted by molar-refractivity contribution is 7.89. The van der Waals surface area contributed by atoms with Gasteiger partial charge in [0, 0.05) is 43.2 Å². The molecule has 0 aliphatic carbocycles. The van der Waals surface area contributed by atoms with E-state index in [4.69, 9.17) is 33.2 Å². The fourth-order valence-electron chi connectivity index (χ4n) is 4.78. The minimum Gasteiger partial charge on any atom is -0.379 e. The minimum absolute atomic E-state index is 0.0381. The van der Waals surface area contributed by atoms with Crippen LogP contribution in [0.2, 0.25) is 10.0 Å². The quantitative estimate of drug-likeness (QED) is 0.414. The summed E-state index contributed by atoms with van der Waals surface area (Å²) in [5.74, 6) is -1.14. The number of carbonyl (C=O) groups excluding carboxylic acids is 1. The molecule has 5 rings (SSSR count). The topological polar surface area (TPSA) is 127 Å². The Bertz CT molecular complexity index is 1730. The molecule has 3 heterocycles. The molecule has 9 nitrogen and oxygen atoms in total. The fourth-order valence-corrected chi connectivity index (χ4v) is 8.26. The number of halogens is 3. The predicted molar refractivity (Wildman–Crippen MR) is 152 cm³/mol. The molecule has 3 aromatic rings. The highest BCUT2D eigenvalue weighted by Crippen LogP contribution is 2.38. The first-order valence-corrected chi connectivity index (χ1v) is 15.5. The standard InChI is InChI=1S/C27H22Cl2FN5O4S2/c28-21-11-22(29)25(41(37,38)35-5-7-39-8-6-35)10-19(21)26(36)33-27-20(13-32)18-3-4-34(15-24(18)40-27)14-17-2-1-16(12-31)9-23(17)30/h1-2,9-11H,3-8,14-15H2,(H,33,36). The van der Waals surface area contributed by atoms with E-state index in [1.54, 1.807) is 12.1 Å². The van der Waals surface area contributed by atoms with Crippen LogP contribution in [0.15, 0.2) is 35.2 Å². The Labute approximate surface area is 250 Å². The van der Waals surface area contributed by atoms with Gasteiger partial charge in [-0.25, -0.2) is 12.8 Å². The summed E-state index contributed by atoms with van der Waals surface area (Å²) in [7, 11) is -4.01. The summed E-state index contributed by atoms with van der Waals surface area (Å²) in [4.78, 5) is 16.0. The first-order valence-electron chi connectivity index (χ1n) is 12.5. The van der Waals surface area contributed by atoms with E-state index in [1.807, 2.05) is 11.0 Å². The number of nitriles is 2. The van der Waals surface area contributed by atoms with E-state index < -0.39 is 21.7 Å². The van der Waals surface area contributed by atoms with Crippen molar-refractivity contribution in [2.75, 3.05) is 38.2 Å². The third kappa shape index (κ3) is 5.96. The summed E-state index contributed by atoms with van der Waals surface area (Å²) in [5, 5.41) is 21.8. The lowest BCUT2D eigenvalue weighted by molar-refractivity contribution is 0.0730. The zero-order valence-electron chi connectivity index (χ0n) is 21.4. The fraction of sp³-hybridized carbons (Fsp3) is 0.296. The number of rotatable bonds is 6. The summed E-state index contributed by atoms with van der Waals surface area (Å²) < 4.78 is 47.4. The summed E-state index contributed by atoms with van der Waals surface area (Å²) in [6.45, 7) is 2.13. The molecule has 14 heteroatoms. The lowest BCUT2D eigenvalue weighted by atomic mass is 10.0. The number of ether oxygens (including phenoxy) is 1. The lowest BCUT2D eigenvalue weighted by Crippen LogP contribution is -2.40. The van der Waals surface area contributed by atoms with Gasteiger partial charge in [0.2, 0.25) is 10.0 Å². The Morgan fingerprint density at radius 2 is 1.85 bits per heavy atom. The van der Waals surface area contributed by atoms with Gasteiger partial charge in [-0.1, -0.05) is 29.3 Å². The number of morpholine rings is 1. The number of amides is 1. The highest BCUT2D eigenvalue weighted by atomic mass is 35.5. The first-order chi connectivity index (χ1) is 19.6. The molecule has 2 aliphatic rings. The van der Waals surface area contributed by atoms with Gasteiger partial charge in [0.25, 0.3) is 5.91 Å². The Hall–Kier alpha value is -3.07. The van der Waals surface area contributed by atoms with Gasteiger partial charge in [-0.05, 0) is 36.2 Å². The van der Waals surface area contributed by atoms with Crippen molar-refractivity contribution in [2.24, 2.45) is 0 Å². The van der Waals surface area contributed by atoms with Crippen molar-refractivity contribution < 1.29 is 22.3 Å². The number of sulfonamides is 1. The molecule has 1 N–H and O–H groups in total. The average molecular weight is 635 g/mol. The zero-order chi connectivity index (χ0) is 29.3. The van der Waals surface area contributed by atoms with E-state index in [0.717, 1.165) is 16.5 Å².